The fourth-order valence-corrected chi connectivity index (χ4v) is 3.80. The molecule has 2 N–H and O–H groups in total. The number of anilines is 2. The molecule has 1 aliphatic heterocycles. The highest BCUT2D eigenvalue weighted by molar-refractivity contribution is 6.31. The Hall–Kier alpha value is -2.56. The lowest BCUT2D eigenvalue weighted by Crippen LogP contribution is -2.44. The second-order valence-corrected chi connectivity index (χ2v) is 7.36. The number of benzene rings is 3. The molecule has 0 saturated carbocycles. The fraction of sp³-hybridized carbons (Fsp3) is 0.0952. The third-order valence-corrected chi connectivity index (χ3v) is 5.11. The number of hydrogen-bond acceptors (Lipinski definition) is 2. The molecule has 27 heavy (non-hydrogen) atoms. The van der Waals surface area contributed by atoms with Gasteiger partial charge in [-0.25, -0.2) is 4.39 Å². The van der Waals surface area contributed by atoms with Crippen molar-refractivity contribution in [1.82, 2.24) is 0 Å². The monoisotopic (exact) mass is 400 g/mol. The summed E-state index contributed by atoms with van der Waals surface area (Å²) in [7, 11) is 0. The zero-order valence-electron chi connectivity index (χ0n) is 14.1. The molecular formula is C21H15Cl2FN2O. The first-order valence-electron chi connectivity index (χ1n) is 8.36. The summed E-state index contributed by atoms with van der Waals surface area (Å²) in [5.41, 5.74) is 1.90. The highest BCUT2D eigenvalue weighted by atomic mass is 35.5. The van der Waals surface area contributed by atoms with Gasteiger partial charge in [0.1, 0.15) is 11.4 Å². The van der Waals surface area contributed by atoms with Gasteiger partial charge < -0.3 is 10.6 Å². The molecule has 0 spiro atoms. The van der Waals surface area contributed by atoms with Crippen molar-refractivity contribution < 1.29 is 9.18 Å². The van der Waals surface area contributed by atoms with Gasteiger partial charge in [-0.15, -0.1) is 0 Å². The van der Waals surface area contributed by atoms with Gasteiger partial charge in [-0.2, -0.15) is 0 Å². The molecule has 3 aromatic carbocycles. The summed E-state index contributed by atoms with van der Waals surface area (Å²) in [6.45, 7) is 0. The molecule has 1 heterocycles. The lowest BCUT2D eigenvalue weighted by molar-refractivity contribution is -0.119. The van der Waals surface area contributed by atoms with Crippen molar-refractivity contribution in [2.45, 2.75) is 12.0 Å². The number of hydrogen-bond donors (Lipinski definition) is 2. The first-order valence-corrected chi connectivity index (χ1v) is 9.11. The van der Waals surface area contributed by atoms with E-state index in [1.54, 1.807) is 30.3 Å². The normalized spacial score (nSPS) is 18.1. The Morgan fingerprint density at radius 3 is 2.44 bits per heavy atom. The lowest BCUT2D eigenvalue weighted by Gasteiger charge is -2.30. The van der Waals surface area contributed by atoms with Gasteiger partial charge in [0.25, 0.3) is 5.91 Å². The van der Waals surface area contributed by atoms with Crippen LogP contribution in [0.4, 0.5) is 15.8 Å². The van der Waals surface area contributed by atoms with E-state index >= 15 is 0 Å². The number of fused-ring (bicyclic) bond motifs is 1. The summed E-state index contributed by atoms with van der Waals surface area (Å²) < 4.78 is 13.3. The van der Waals surface area contributed by atoms with Gasteiger partial charge in [0, 0.05) is 33.4 Å². The third kappa shape index (κ3) is 3.38. The maximum Gasteiger partial charge on any atom is 0.255 e. The van der Waals surface area contributed by atoms with Crippen LogP contribution in [0.3, 0.4) is 0 Å². The molecule has 1 amide bonds. The van der Waals surface area contributed by atoms with E-state index in [-0.39, 0.29) is 11.7 Å². The van der Waals surface area contributed by atoms with E-state index in [4.69, 9.17) is 23.2 Å². The van der Waals surface area contributed by atoms with Crippen LogP contribution in [0.1, 0.15) is 11.1 Å². The zero-order valence-corrected chi connectivity index (χ0v) is 15.6. The van der Waals surface area contributed by atoms with Crippen LogP contribution in [-0.2, 0) is 16.8 Å². The Morgan fingerprint density at radius 2 is 1.70 bits per heavy atom. The van der Waals surface area contributed by atoms with Crippen molar-refractivity contribution >= 4 is 40.5 Å². The average molecular weight is 401 g/mol. The van der Waals surface area contributed by atoms with Gasteiger partial charge in [-0.05, 0) is 54.1 Å². The van der Waals surface area contributed by atoms with Crippen LogP contribution in [0.5, 0.6) is 0 Å². The van der Waals surface area contributed by atoms with Crippen LogP contribution in [-0.4, -0.2) is 5.91 Å². The Kier molecular flexibility index (Phi) is 4.54. The minimum absolute atomic E-state index is 0.205. The van der Waals surface area contributed by atoms with Gasteiger partial charge in [-0.1, -0.05) is 41.4 Å². The summed E-state index contributed by atoms with van der Waals surface area (Å²) in [4.78, 5) is 13.1. The molecule has 1 unspecified atom stereocenters. The predicted octanol–water partition coefficient (Wildman–Crippen LogP) is 5.63. The van der Waals surface area contributed by atoms with Gasteiger partial charge in [0.05, 0.1) is 0 Å². The minimum atomic E-state index is -1.07. The standard InChI is InChI=1S/C21H15Cl2FN2O/c22-14-3-1-2-13(10-14)12-21(26-17-7-5-16(24)6-8-17)18-9-4-15(23)11-19(18)25-20(21)27/h1-11,26H,12H2,(H,25,27). The molecule has 3 aromatic rings. The maximum absolute atomic E-state index is 13.3. The highest BCUT2D eigenvalue weighted by Gasteiger charge is 2.47. The first kappa shape index (κ1) is 17.8. The van der Waals surface area contributed by atoms with E-state index in [2.05, 4.69) is 10.6 Å². The molecule has 0 aliphatic carbocycles. The number of carbonyl (C=O) groups excluding carboxylic acids is 1. The Morgan fingerprint density at radius 1 is 0.963 bits per heavy atom. The van der Waals surface area contributed by atoms with Gasteiger partial charge in [0.2, 0.25) is 0 Å². The summed E-state index contributed by atoms with van der Waals surface area (Å²) >= 11 is 12.2. The number of nitrogens with one attached hydrogen (secondary N) is 2. The van der Waals surface area contributed by atoms with E-state index in [1.165, 1.54) is 12.1 Å². The maximum atomic E-state index is 13.3. The van der Waals surface area contributed by atoms with E-state index in [9.17, 15) is 9.18 Å². The quantitative estimate of drug-likeness (QED) is 0.595. The zero-order chi connectivity index (χ0) is 19.0. The second kappa shape index (κ2) is 6.87. The number of rotatable bonds is 4. The van der Waals surface area contributed by atoms with E-state index in [0.717, 1.165) is 11.1 Å². The van der Waals surface area contributed by atoms with Crippen LogP contribution >= 0.6 is 23.2 Å². The summed E-state index contributed by atoms with van der Waals surface area (Å²) in [5, 5.41) is 7.35. The molecule has 1 aliphatic rings. The van der Waals surface area contributed by atoms with Crippen molar-refractivity contribution in [3.8, 4) is 0 Å². The van der Waals surface area contributed by atoms with E-state index in [0.29, 0.717) is 27.8 Å². The second-order valence-electron chi connectivity index (χ2n) is 6.49. The first-order chi connectivity index (χ1) is 13.0. The van der Waals surface area contributed by atoms with Gasteiger partial charge in [-0.3, -0.25) is 4.79 Å². The molecular weight excluding hydrogens is 386 g/mol. The number of halogens is 3. The molecule has 6 heteroatoms. The molecule has 4 rings (SSSR count). The van der Waals surface area contributed by atoms with Crippen LogP contribution in [0.2, 0.25) is 10.0 Å². The smallest absolute Gasteiger partial charge is 0.255 e. The van der Waals surface area contributed by atoms with Crippen LogP contribution in [0, 0.1) is 5.82 Å². The van der Waals surface area contributed by atoms with Gasteiger partial charge in [0.15, 0.2) is 0 Å². The summed E-state index contributed by atoms with van der Waals surface area (Å²) in [6, 6.07) is 18.6. The largest absolute Gasteiger partial charge is 0.367 e. The SMILES string of the molecule is O=C1Nc2cc(Cl)ccc2C1(Cc1cccc(Cl)c1)Nc1ccc(F)cc1. The van der Waals surface area contributed by atoms with E-state index < -0.39 is 5.54 Å². The molecule has 0 fully saturated rings. The highest BCUT2D eigenvalue weighted by Crippen LogP contribution is 2.42. The Labute approximate surface area is 166 Å². The van der Waals surface area contributed by atoms with Crippen molar-refractivity contribution in [2.75, 3.05) is 10.6 Å². The van der Waals surface area contributed by atoms with Crippen LogP contribution in [0.25, 0.3) is 0 Å². The fourth-order valence-electron chi connectivity index (χ4n) is 3.42. The predicted molar refractivity (Wildman–Crippen MR) is 107 cm³/mol. The van der Waals surface area contributed by atoms with Gasteiger partial charge >= 0.3 is 0 Å². The molecule has 0 aromatic heterocycles. The Bertz CT molecular complexity index is 1020. The lowest BCUT2D eigenvalue weighted by atomic mass is 9.84. The molecule has 1 atom stereocenters. The molecule has 0 bridgehead atoms. The van der Waals surface area contributed by atoms with Crippen molar-refractivity contribution in [3.63, 3.8) is 0 Å². The summed E-state index contributed by atoms with van der Waals surface area (Å²) in [6.07, 6.45) is 0.366. The molecule has 3 nitrogen and oxygen atoms in total. The van der Waals surface area contributed by atoms with E-state index in [1.807, 2.05) is 24.3 Å². The van der Waals surface area contributed by atoms with Crippen molar-refractivity contribution in [1.29, 1.82) is 0 Å². The third-order valence-electron chi connectivity index (χ3n) is 4.64. The molecule has 0 radical (unpaired) electrons. The average Bonchev–Trinajstić information content (AvgIpc) is 2.88. The summed E-state index contributed by atoms with van der Waals surface area (Å²) in [5.74, 6) is -0.545. The van der Waals surface area contributed by atoms with Crippen LogP contribution in [0.15, 0.2) is 66.7 Å². The minimum Gasteiger partial charge on any atom is -0.367 e. The number of carbonyl (C=O) groups is 1. The molecule has 136 valence electrons. The molecule has 0 saturated heterocycles. The van der Waals surface area contributed by atoms with Crippen molar-refractivity contribution in [2.24, 2.45) is 0 Å². The Balaban J connectivity index is 1.82. The topological polar surface area (TPSA) is 41.1 Å². The number of amides is 1. The van der Waals surface area contributed by atoms with Crippen molar-refractivity contribution in [3.05, 3.63) is 93.7 Å². The van der Waals surface area contributed by atoms with Crippen LogP contribution < -0.4 is 10.6 Å².